The first-order valence-corrected chi connectivity index (χ1v) is 7.87. The molecular formula is C12H16FN3O4S. The molecule has 0 bridgehead atoms. The maximum absolute atomic E-state index is 13.8. The van der Waals surface area contributed by atoms with E-state index in [1.165, 1.54) is 0 Å². The number of nitrogens with zero attached hydrogens (tertiary/aromatic N) is 2. The first kappa shape index (κ1) is 15.8. The standard InChI is InChI=1S/C12H16FN3O4S/c1-8-4-5-15(7-11(8)14)21(19,20)12-6-9(16(17)18)2-3-10(12)13/h2-3,6,8,11H,4-5,7,14H2,1H3. The Balaban J connectivity index is 2.40. The van der Waals surface area contributed by atoms with Crippen molar-refractivity contribution in [2.45, 2.75) is 24.3 Å². The molecule has 1 saturated heterocycles. The summed E-state index contributed by atoms with van der Waals surface area (Å²) in [6.07, 6.45) is 0.566. The molecule has 2 N–H and O–H groups in total. The Morgan fingerprint density at radius 3 is 2.71 bits per heavy atom. The smallest absolute Gasteiger partial charge is 0.270 e. The van der Waals surface area contributed by atoms with E-state index in [0.717, 1.165) is 22.5 Å². The predicted octanol–water partition coefficient (Wildman–Crippen LogP) is 1.09. The molecule has 116 valence electrons. The van der Waals surface area contributed by atoms with Gasteiger partial charge < -0.3 is 5.73 Å². The Labute approximate surface area is 121 Å². The number of hydrogen-bond donors (Lipinski definition) is 1. The molecule has 0 aromatic heterocycles. The lowest BCUT2D eigenvalue weighted by Gasteiger charge is -2.34. The second-order valence-electron chi connectivity index (χ2n) is 5.16. The van der Waals surface area contributed by atoms with Crippen LogP contribution in [0.5, 0.6) is 0 Å². The number of nitrogens with two attached hydrogens (primary N) is 1. The van der Waals surface area contributed by atoms with Gasteiger partial charge in [-0.05, 0) is 18.4 Å². The van der Waals surface area contributed by atoms with Gasteiger partial charge in [-0.15, -0.1) is 0 Å². The van der Waals surface area contributed by atoms with E-state index in [2.05, 4.69) is 0 Å². The van der Waals surface area contributed by atoms with Crippen LogP contribution in [0.3, 0.4) is 0 Å². The Morgan fingerprint density at radius 2 is 2.14 bits per heavy atom. The summed E-state index contributed by atoms with van der Waals surface area (Å²) in [5, 5.41) is 10.7. The van der Waals surface area contributed by atoms with Gasteiger partial charge in [0.05, 0.1) is 4.92 Å². The van der Waals surface area contributed by atoms with Crippen molar-refractivity contribution >= 4 is 15.7 Å². The van der Waals surface area contributed by atoms with E-state index in [1.54, 1.807) is 0 Å². The van der Waals surface area contributed by atoms with E-state index in [-0.39, 0.29) is 25.0 Å². The molecule has 1 heterocycles. The van der Waals surface area contributed by atoms with Crippen molar-refractivity contribution in [1.29, 1.82) is 0 Å². The molecule has 7 nitrogen and oxygen atoms in total. The molecule has 1 fully saturated rings. The van der Waals surface area contributed by atoms with Crippen molar-refractivity contribution in [2.75, 3.05) is 13.1 Å². The van der Waals surface area contributed by atoms with Gasteiger partial charge >= 0.3 is 0 Å². The molecule has 0 saturated carbocycles. The Hall–Kier alpha value is -1.58. The van der Waals surface area contributed by atoms with Gasteiger partial charge in [-0.25, -0.2) is 12.8 Å². The lowest BCUT2D eigenvalue weighted by Crippen LogP contribution is -2.49. The van der Waals surface area contributed by atoms with Gasteiger partial charge in [-0.3, -0.25) is 10.1 Å². The van der Waals surface area contributed by atoms with Crippen molar-refractivity contribution in [3.8, 4) is 0 Å². The van der Waals surface area contributed by atoms with Crippen LogP contribution in [-0.2, 0) is 10.0 Å². The summed E-state index contributed by atoms with van der Waals surface area (Å²) in [6.45, 7) is 2.22. The van der Waals surface area contributed by atoms with Crippen molar-refractivity contribution in [2.24, 2.45) is 11.7 Å². The summed E-state index contributed by atoms with van der Waals surface area (Å²) in [7, 11) is -4.13. The van der Waals surface area contributed by atoms with E-state index in [4.69, 9.17) is 5.73 Å². The lowest BCUT2D eigenvalue weighted by molar-refractivity contribution is -0.385. The van der Waals surface area contributed by atoms with Gasteiger partial charge in [-0.2, -0.15) is 4.31 Å². The number of nitro groups is 1. The minimum atomic E-state index is -4.13. The molecule has 0 radical (unpaired) electrons. The fraction of sp³-hybridized carbons (Fsp3) is 0.500. The highest BCUT2D eigenvalue weighted by atomic mass is 32.2. The van der Waals surface area contributed by atoms with Crippen molar-refractivity contribution in [3.63, 3.8) is 0 Å². The number of nitro benzene ring substituents is 1. The Bertz CT molecular complexity index is 664. The monoisotopic (exact) mass is 317 g/mol. The quantitative estimate of drug-likeness (QED) is 0.663. The van der Waals surface area contributed by atoms with Crippen LogP contribution in [0, 0.1) is 21.8 Å². The van der Waals surface area contributed by atoms with Crippen molar-refractivity contribution in [1.82, 2.24) is 4.31 Å². The molecule has 2 rings (SSSR count). The molecule has 1 aromatic rings. The minimum absolute atomic E-state index is 0.0750. The van der Waals surface area contributed by atoms with Gasteiger partial charge in [0.2, 0.25) is 10.0 Å². The average molecular weight is 317 g/mol. The number of hydrogen-bond acceptors (Lipinski definition) is 5. The second kappa shape index (κ2) is 5.66. The molecule has 2 atom stereocenters. The zero-order valence-corrected chi connectivity index (χ0v) is 12.2. The molecule has 21 heavy (non-hydrogen) atoms. The van der Waals surface area contributed by atoms with Gasteiger partial charge in [0.15, 0.2) is 0 Å². The van der Waals surface area contributed by atoms with Crippen LogP contribution in [0.25, 0.3) is 0 Å². The van der Waals surface area contributed by atoms with Crippen molar-refractivity contribution < 1.29 is 17.7 Å². The summed E-state index contributed by atoms with van der Waals surface area (Å²) >= 11 is 0. The maximum Gasteiger partial charge on any atom is 0.270 e. The van der Waals surface area contributed by atoms with Crippen LogP contribution >= 0.6 is 0 Å². The molecule has 1 aliphatic rings. The Morgan fingerprint density at radius 1 is 1.48 bits per heavy atom. The third kappa shape index (κ3) is 3.04. The number of piperidine rings is 1. The SMILES string of the molecule is CC1CCN(S(=O)(=O)c2cc([N+](=O)[O-])ccc2F)CC1N. The maximum atomic E-state index is 13.8. The van der Waals surface area contributed by atoms with Crippen LogP contribution in [-0.4, -0.2) is 36.8 Å². The summed E-state index contributed by atoms with van der Waals surface area (Å²) in [5.41, 5.74) is 5.38. The molecule has 0 aliphatic carbocycles. The number of halogens is 1. The Kier molecular flexibility index (Phi) is 4.26. The lowest BCUT2D eigenvalue weighted by atomic mass is 9.96. The number of non-ortho nitro benzene ring substituents is 1. The van der Waals surface area contributed by atoms with E-state index >= 15 is 0 Å². The molecule has 2 unspecified atom stereocenters. The molecule has 0 spiro atoms. The predicted molar refractivity (Wildman–Crippen MR) is 73.6 cm³/mol. The van der Waals surface area contributed by atoms with Gasteiger partial charge in [-0.1, -0.05) is 6.92 Å². The van der Waals surface area contributed by atoms with Crippen LogP contribution in [0.2, 0.25) is 0 Å². The molecule has 0 amide bonds. The zero-order chi connectivity index (χ0) is 15.8. The first-order valence-electron chi connectivity index (χ1n) is 6.43. The summed E-state index contributed by atoms with van der Waals surface area (Å²) in [5.74, 6) is -0.834. The fourth-order valence-electron chi connectivity index (χ4n) is 2.23. The fourth-order valence-corrected chi connectivity index (χ4v) is 3.81. The van der Waals surface area contributed by atoms with Crippen LogP contribution in [0.15, 0.2) is 23.1 Å². The third-order valence-corrected chi connectivity index (χ3v) is 5.60. The van der Waals surface area contributed by atoms with Gasteiger partial charge in [0.25, 0.3) is 5.69 Å². The third-order valence-electron chi connectivity index (χ3n) is 3.72. The van der Waals surface area contributed by atoms with Crippen molar-refractivity contribution in [3.05, 3.63) is 34.1 Å². The summed E-state index contributed by atoms with van der Waals surface area (Å²) in [4.78, 5) is 9.27. The summed E-state index contributed by atoms with van der Waals surface area (Å²) < 4.78 is 39.8. The number of sulfonamides is 1. The molecule has 1 aromatic carbocycles. The second-order valence-corrected chi connectivity index (χ2v) is 7.07. The average Bonchev–Trinajstić information content (AvgIpc) is 2.41. The zero-order valence-electron chi connectivity index (χ0n) is 11.4. The number of rotatable bonds is 3. The van der Waals surface area contributed by atoms with E-state index in [0.29, 0.717) is 6.42 Å². The normalized spacial score (nSPS) is 24.0. The van der Waals surface area contributed by atoms with Crippen LogP contribution in [0.4, 0.5) is 10.1 Å². The van der Waals surface area contributed by atoms with Gasteiger partial charge in [0, 0.05) is 31.3 Å². The highest BCUT2D eigenvalue weighted by Crippen LogP contribution is 2.27. The van der Waals surface area contributed by atoms with E-state index in [1.807, 2.05) is 6.92 Å². The molecule has 9 heteroatoms. The van der Waals surface area contributed by atoms with Crippen LogP contribution in [0.1, 0.15) is 13.3 Å². The summed E-state index contributed by atoms with van der Waals surface area (Å²) in [6, 6.07) is 2.12. The number of benzene rings is 1. The van der Waals surface area contributed by atoms with E-state index in [9.17, 15) is 22.9 Å². The topological polar surface area (TPSA) is 107 Å². The highest BCUT2D eigenvalue weighted by molar-refractivity contribution is 7.89. The largest absolute Gasteiger partial charge is 0.326 e. The minimum Gasteiger partial charge on any atom is -0.326 e. The first-order chi connectivity index (χ1) is 9.73. The molecule has 1 aliphatic heterocycles. The van der Waals surface area contributed by atoms with Gasteiger partial charge in [0.1, 0.15) is 10.7 Å². The van der Waals surface area contributed by atoms with Crippen LogP contribution < -0.4 is 5.73 Å². The molecular weight excluding hydrogens is 301 g/mol. The van der Waals surface area contributed by atoms with E-state index < -0.39 is 31.3 Å². The highest BCUT2D eigenvalue weighted by Gasteiger charge is 2.34.